The van der Waals surface area contributed by atoms with E-state index in [1.54, 1.807) is 43.3 Å². The van der Waals surface area contributed by atoms with Crippen molar-refractivity contribution in [3.8, 4) is 11.5 Å². The van der Waals surface area contributed by atoms with Crippen molar-refractivity contribution in [2.24, 2.45) is 0 Å². The second-order valence-electron chi connectivity index (χ2n) is 5.41. The Morgan fingerprint density at radius 3 is 2.16 bits per heavy atom. The third-order valence-electron chi connectivity index (χ3n) is 3.21. The number of para-hydroxylation sites is 1. The average molecular weight is 363 g/mol. The highest BCUT2D eigenvalue weighted by atomic mass is 31.2. The lowest BCUT2D eigenvalue weighted by Crippen LogP contribution is -2.35. The lowest BCUT2D eigenvalue weighted by Gasteiger charge is -2.23. The topological polar surface area (TPSA) is 73.9 Å². The van der Waals surface area contributed by atoms with Crippen molar-refractivity contribution < 1.29 is 23.1 Å². The molecule has 134 valence electrons. The molecule has 0 aliphatic rings. The molecule has 0 saturated heterocycles. The van der Waals surface area contributed by atoms with E-state index in [-0.39, 0.29) is 6.61 Å². The zero-order chi connectivity index (χ0) is 18.3. The first-order valence-electron chi connectivity index (χ1n) is 7.97. The molecule has 2 aromatic carbocycles. The molecule has 0 saturated carbocycles. The summed E-state index contributed by atoms with van der Waals surface area (Å²) < 4.78 is 29.2. The van der Waals surface area contributed by atoms with E-state index in [2.05, 4.69) is 5.09 Å². The highest BCUT2D eigenvalue weighted by molar-refractivity contribution is 7.52. The first-order valence-corrected chi connectivity index (χ1v) is 9.51. The van der Waals surface area contributed by atoms with Crippen LogP contribution in [0.3, 0.4) is 0 Å². The number of aryl methyl sites for hydroxylation is 1. The standard InChI is InChI=1S/C18H22NO5P/c1-4-22-18(20)15(3)19-25(21,23-16-8-6-5-7-9-16)24-17-12-10-14(2)11-13-17/h5-13,15H,4H2,1-3H3,(H,19,21)/t15-,25?/m0/s1. The molecule has 25 heavy (non-hydrogen) atoms. The number of nitrogens with one attached hydrogen (secondary N) is 1. The Kier molecular flexibility index (Phi) is 6.62. The van der Waals surface area contributed by atoms with E-state index in [1.807, 2.05) is 25.1 Å². The van der Waals surface area contributed by atoms with Crippen LogP contribution in [0.15, 0.2) is 54.6 Å². The number of carbonyl (C=O) groups is 1. The number of esters is 1. The molecule has 0 bridgehead atoms. The van der Waals surface area contributed by atoms with E-state index in [9.17, 15) is 9.36 Å². The monoisotopic (exact) mass is 363 g/mol. The van der Waals surface area contributed by atoms with Gasteiger partial charge in [0.2, 0.25) is 0 Å². The molecule has 2 atom stereocenters. The number of carbonyl (C=O) groups excluding carboxylic acids is 1. The fourth-order valence-electron chi connectivity index (χ4n) is 1.99. The van der Waals surface area contributed by atoms with E-state index < -0.39 is 19.8 Å². The van der Waals surface area contributed by atoms with Crippen LogP contribution in [0, 0.1) is 6.92 Å². The van der Waals surface area contributed by atoms with Crippen LogP contribution in [0.2, 0.25) is 0 Å². The van der Waals surface area contributed by atoms with Crippen LogP contribution in [0.25, 0.3) is 0 Å². The fourth-order valence-corrected chi connectivity index (χ4v) is 3.51. The van der Waals surface area contributed by atoms with Crippen LogP contribution in [-0.4, -0.2) is 18.6 Å². The van der Waals surface area contributed by atoms with Gasteiger partial charge in [0.15, 0.2) is 0 Å². The summed E-state index contributed by atoms with van der Waals surface area (Å²) in [5.74, 6) is 0.196. The first-order chi connectivity index (χ1) is 11.9. The lowest BCUT2D eigenvalue weighted by molar-refractivity contribution is -0.144. The van der Waals surface area contributed by atoms with E-state index in [0.717, 1.165) is 5.56 Å². The zero-order valence-electron chi connectivity index (χ0n) is 14.5. The second-order valence-corrected chi connectivity index (χ2v) is 7.03. The Balaban J connectivity index is 2.21. The summed E-state index contributed by atoms with van der Waals surface area (Å²) in [6.45, 7) is 5.41. The van der Waals surface area contributed by atoms with Crippen molar-refractivity contribution in [3.05, 3.63) is 60.2 Å². The van der Waals surface area contributed by atoms with Gasteiger partial charge in [0.25, 0.3) is 0 Å². The number of benzene rings is 2. The van der Waals surface area contributed by atoms with Gasteiger partial charge in [0.1, 0.15) is 17.5 Å². The van der Waals surface area contributed by atoms with Crippen LogP contribution >= 0.6 is 7.75 Å². The van der Waals surface area contributed by atoms with Gasteiger partial charge >= 0.3 is 13.7 Å². The zero-order valence-corrected chi connectivity index (χ0v) is 15.4. The summed E-state index contributed by atoms with van der Waals surface area (Å²) in [5.41, 5.74) is 1.04. The van der Waals surface area contributed by atoms with Crippen molar-refractivity contribution in [2.45, 2.75) is 26.8 Å². The van der Waals surface area contributed by atoms with Gasteiger partial charge in [0.05, 0.1) is 6.61 Å². The predicted molar refractivity (Wildman–Crippen MR) is 95.7 cm³/mol. The Morgan fingerprint density at radius 2 is 1.60 bits per heavy atom. The normalized spacial score (nSPS) is 14.2. The van der Waals surface area contributed by atoms with Gasteiger partial charge in [0, 0.05) is 0 Å². The summed E-state index contributed by atoms with van der Waals surface area (Å²) in [4.78, 5) is 11.9. The fraction of sp³-hybridized carbons (Fsp3) is 0.278. The first kappa shape index (κ1) is 19.0. The Morgan fingerprint density at radius 1 is 1.04 bits per heavy atom. The van der Waals surface area contributed by atoms with E-state index >= 15 is 0 Å². The molecule has 0 heterocycles. The van der Waals surface area contributed by atoms with Crippen molar-refractivity contribution in [3.63, 3.8) is 0 Å². The van der Waals surface area contributed by atoms with Gasteiger partial charge in [-0.15, -0.1) is 0 Å². The summed E-state index contributed by atoms with van der Waals surface area (Å²) in [5, 5.41) is 2.63. The SMILES string of the molecule is CCOC(=O)[C@H](C)NP(=O)(Oc1ccccc1)Oc1ccc(C)cc1. The molecule has 0 aromatic heterocycles. The van der Waals surface area contributed by atoms with Crippen molar-refractivity contribution in [2.75, 3.05) is 6.61 Å². The minimum absolute atomic E-state index is 0.230. The minimum Gasteiger partial charge on any atom is -0.465 e. The van der Waals surface area contributed by atoms with Crippen molar-refractivity contribution in [1.82, 2.24) is 5.09 Å². The summed E-state index contributed by atoms with van der Waals surface area (Å²) in [6.07, 6.45) is 0. The Hall–Kier alpha value is -2.30. The number of rotatable bonds is 8. The van der Waals surface area contributed by atoms with Crippen LogP contribution < -0.4 is 14.1 Å². The van der Waals surface area contributed by atoms with Gasteiger partial charge in [-0.1, -0.05) is 35.9 Å². The molecule has 1 N–H and O–H groups in total. The summed E-state index contributed by atoms with van der Waals surface area (Å²) >= 11 is 0. The third-order valence-corrected chi connectivity index (χ3v) is 4.81. The molecule has 0 fully saturated rings. The smallest absolute Gasteiger partial charge is 0.465 e. The maximum atomic E-state index is 13.2. The molecular formula is C18H22NO5P. The summed E-state index contributed by atoms with van der Waals surface area (Å²) in [6, 6.07) is 14.8. The maximum Gasteiger partial charge on any atom is 0.513 e. The predicted octanol–water partition coefficient (Wildman–Crippen LogP) is 4.10. The van der Waals surface area contributed by atoms with E-state index in [4.69, 9.17) is 13.8 Å². The lowest BCUT2D eigenvalue weighted by atomic mass is 10.2. The van der Waals surface area contributed by atoms with Crippen molar-refractivity contribution >= 4 is 13.7 Å². The van der Waals surface area contributed by atoms with E-state index in [1.165, 1.54) is 6.92 Å². The highest BCUT2D eigenvalue weighted by Crippen LogP contribution is 2.45. The maximum absolute atomic E-state index is 13.2. The van der Waals surface area contributed by atoms with Crippen LogP contribution in [0.5, 0.6) is 11.5 Å². The third kappa shape index (κ3) is 5.93. The molecule has 2 aromatic rings. The van der Waals surface area contributed by atoms with Gasteiger partial charge in [-0.05, 0) is 45.0 Å². The molecule has 0 radical (unpaired) electrons. The van der Waals surface area contributed by atoms with Gasteiger partial charge < -0.3 is 13.8 Å². The molecule has 0 aliphatic heterocycles. The largest absolute Gasteiger partial charge is 0.513 e. The van der Waals surface area contributed by atoms with Gasteiger partial charge in [-0.25, -0.2) is 4.57 Å². The molecule has 7 heteroatoms. The average Bonchev–Trinajstić information content (AvgIpc) is 2.58. The van der Waals surface area contributed by atoms with Crippen LogP contribution in [0.1, 0.15) is 19.4 Å². The van der Waals surface area contributed by atoms with Gasteiger partial charge in [-0.2, -0.15) is 5.09 Å². The summed E-state index contributed by atoms with van der Waals surface area (Å²) in [7, 11) is -3.86. The number of ether oxygens (including phenoxy) is 1. The number of hydrogen-bond donors (Lipinski definition) is 1. The minimum atomic E-state index is -3.86. The molecule has 1 unspecified atom stereocenters. The second kappa shape index (κ2) is 8.70. The molecule has 0 spiro atoms. The van der Waals surface area contributed by atoms with Crippen LogP contribution in [-0.2, 0) is 14.1 Å². The Bertz CT molecular complexity index is 733. The van der Waals surface area contributed by atoms with Gasteiger partial charge in [-0.3, -0.25) is 4.79 Å². The number of hydrogen-bond acceptors (Lipinski definition) is 5. The van der Waals surface area contributed by atoms with Crippen molar-refractivity contribution in [1.29, 1.82) is 0 Å². The molecule has 0 aliphatic carbocycles. The quantitative estimate of drug-likeness (QED) is 0.562. The molecule has 6 nitrogen and oxygen atoms in total. The molecule has 0 amide bonds. The Labute approximate surface area is 147 Å². The molecular weight excluding hydrogens is 341 g/mol. The molecule has 2 rings (SSSR count). The highest BCUT2D eigenvalue weighted by Gasteiger charge is 2.33. The van der Waals surface area contributed by atoms with E-state index in [0.29, 0.717) is 11.5 Å². The van der Waals surface area contributed by atoms with Crippen LogP contribution in [0.4, 0.5) is 0 Å².